The van der Waals surface area contributed by atoms with Crippen molar-refractivity contribution in [2.24, 2.45) is 11.8 Å². The SMILES string of the molecule is Cc1cc(C[C@@H](OC(=O)N2CCC(N3CCc4ccccc4NC3=O)CC2)C(=O)N2CCC(C3CCN(CC(=O)Oc4ccccc4)CC3)CC2)cc(C)c1O. The second kappa shape index (κ2) is 17.8. The first-order valence-corrected chi connectivity index (χ1v) is 20.3. The number of urea groups is 1. The third-order valence-electron chi connectivity index (χ3n) is 12.3. The molecule has 4 aliphatic heterocycles. The van der Waals surface area contributed by atoms with Gasteiger partial charge in [0.25, 0.3) is 5.91 Å². The molecule has 1 atom stereocenters. The first-order chi connectivity index (χ1) is 27.1. The Morgan fingerprint density at radius 3 is 2.07 bits per heavy atom. The van der Waals surface area contributed by atoms with Gasteiger partial charge in [-0.3, -0.25) is 14.5 Å². The van der Waals surface area contributed by atoms with Gasteiger partial charge in [-0.1, -0.05) is 48.5 Å². The third kappa shape index (κ3) is 9.46. The van der Waals surface area contributed by atoms with Crippen LogP contribution in [0.1, 0.15) is 60.8 Å². The Labute approximate surface area is 329 Å². The fourth-order valence-corrected chi connectivity index (χ4v) is 9.06. The lowest BCUT2D eigenvalue weighted by Crippen LogP contribution is -2.52. The van der Waals surface area contributed by atoms with E-state index in [1.165, 1.54) is 0 Å². The number of rotatable bonds is 9. The van der Waals surface area contributed by atoms with Crippen molar-refractivity contribution in [1.29, 1.82) is 0 Å². The molecule has 7 rings (SSSR count). The maximum atomic E-state index is 14.2. The molecule has 0 unspecified atom stereocenters. The van der Waals surface area contributed by atoms with Crippen molar-refractivity contribution < 1.29 is 33.8 Å². The molecule has 2 N–H and O–H groups in total. The Bertz CT molecular complexity index is 1840. The molecule has 0 saturated carbocycles. The van der Waals surface area contributed by atoms with E-state index >= 15 is 0 Å². The van der Waals surface area contributed by atoms with Gasteiger partial charge >= 0.3 is 18.1 Å². The number of carbonyl (C=O) groups is 4. The maximum Gasteiger partial charge on any atom is 0.410 e. The Morgan fingerprint density at radius 1 is 0.786 bits per heavy atom. The number of nitrogens with one attached hydrogen (secondary N) is 1. The van der Waals surface area contributed by atoms with Crippen molar-refractivity contribution in [3.8, 4) is 11.5 Å². The zero-order valence-corrected chi connectivity index (χ0v) is 32.7. The summed E-state index contributed by atoms with van der Waals surface area (Å²) in [5.41, 5.74) is 4.20. The number of benzene rings is 3. The van der Waals surface area contributed by atoms with Gasteiger partial charge in [-0.15, -0.1) is 0 Å². The smallest absolute Gasteiger partial charge is 0.410 e. The monoisotopic (exact) mass is 765 g/mol. The van der Waals surface area contributed by atoms with Crippen LogP contribution >= 0.6 is 0 Å². The number of fused-ring (bicyclic) bond motifs is 1. The van der Waals surface area contributed by atoms with E-state index in [9.17, 15) is 24.3 Å². The van der Waals surface area contributed by atoms with Crippen LogP contribution in [0, 0.1) is 25.7 Å². The largest absolute Gasteiger partial charge is 0.507 e. The summed E-state index contributed by atoms with van der Waals surface area (Å²) < 4.78 is 11.6. The molecule has 298 valence electrons. The lowest BCUT2D eigenvalue weighted by Gasteiger charge is -2.41. The molecular formula is C44H55N5O7. The van der Waals surface area contributed by atoms with E-state index in [0.717, 1.165) is 62.0 Å². The van der Waals surface area contributed by atoms with Gasteiger partial charge in [-0.25, -0.2) is 9.59 Å². The zero-order valence-electron chi connectivity index (χ0n) is 32.7. The standard InChI is InChI=1S/C44H55N5O7/c1-30-26-32(27-31(2)41(30)51)28-39(56-44(54)48-23-17-36(18-24-48)49-25-16-35-8-6-7-11-38(35)45-43(49)53)42(52)47-21-14-34(15-22-47)33-12-19-46(20-13-33)29-40(50)55-37-9-4-3-5-10-37/h3-11,26-27,33-34,36,39,51H,12-25,28-29H2,1-2H3,(H,45,53)/t39-/m1/s1. The summed E-state index contributed by atoms with van der Waals surface area (Å²) in [6, 6.07) is 20.6. The summed E-state index contributed by atoms with van der Waals surface area (Å²) in [6.45, 7) is 8.28. The average Bonchev–Trinajstić information content (AvgIpc) is 3.38. The van der Waals surface area contributed by atoms with Crippen LogP contribution in [-0.2, 0) is 27.2 Å². The molecule has 12 heteroatoms. The number of para-hydroxylation sites is 2. The predicted octanol–water partition coefficient (Wildman–Crippen LogP) is 6.17. The number of aromatic hydroxyl groups is 1. The Hall–Kier alpha value is -5.10. The van der Waals surface area contributed by atoms with Crippen LogP contribution in [-0.4, -0.2) is 113 Å². The highest BCUT2D eigenvalue weighted by Gasteiger charge is 2.37. The van der Waals surface area contributed by atoms with E-state index in [2.05, 4.69) is 10.2 Å². The van der Waals surface area contributed by atoms with Gasteiger partial charge in [0.1, 0.15) is 11.5 Å². The molecule has 3 saturated heterocycles. The number of hydrogen-bond donors (Lipinski definition) is 2. The fraction of sp³-hybridized carbons (Fsp3) is 0.500. The lowest BCUT2D eigenvalue weighted by atomic mass is 9.78. The van der Waals surface area contributed by atoms with Crippen molar-refractivity contribution in [3.05, 3.63) is 89.0 Å². The van der Waals surface area contributed by atoms with Gasteiger partial charge in [0, 0.05) is 50.9 Å². The van der Waals surface area contributed by atoms with Gasteiger partial charge in [0.2, 0.25) is 0 Å². The van der Waals surface area contributed by atoms with Gasteiger partial charge in [-0.05, 0) is 124 Å². The number of aryl methyl sites for hydroxylation is 2. The number of likely N-dealkylation sites (tertiary alicyclic amines) is 3. The fourth-order valence-electron chi connectivity index (χ4n) is 9.06. The summed E-state index contributed by atoms with van der Waals surface area (Å²) >= 11 is 0. The van der Waals surface area contributed by atoms with Crippen molar-refractivity contribution in [1.82, 2.24) is 19.6 Å². The molecule has 0 spiro atoms. The Balaban J connectivity index is 0.923. The minimum atomic E-state index is -1.01. The second-order valence-electron chi connectivity index (χ2n) is 16.0. The van der Waals surface area contributed by atoms with Gasteiger partial charge in [0.15, 0.2) is 6.10 Å². The van der Waals surface area contributed by atoms with Crippen molar-refractivity contribution in [2.45, 2.75) is 77.4 Å². The van der Waals surface area contributed by atoms with E-state index in [4.69, 9.17) is 9.47 Å². The Morgan fingerprint density at radius 2 is 1.39 bits per heavy atom. The summed E-state index contributed by atoms with van der Waals surface area (Å²) in [5, 5.41) is 13.5. The number of nitrogens with zero attached hydrogens (tertiary/aromatic N) is 4. The number of carbonyl (C=O) groups excluding carboxylic acids is 4. The van der Waals surface area contributed by atoms with Crippen LogP contribution in [0.25, 0.3) is 0 Å². The summed E-state index contributed by atoms with van der Waals surface area (Å²) in [4.78, 5) is 61.2. The number of phenols is 1. The van der Waals surface area contributed by atoms with Gasteiger partial charge < -0.3 is 34.6 Å². The van der Waals surface area contributed by atoms with Crippen LogP contribution < -0.4 is 10.1 Å². The molecule has 0 bridgehead atoms. The molecular weight excluding hydrogens is 711 g/mol. The molecule has 4 amide bonds. The molecule has 0 radical (unpaired) electrons. The van der Waals surface area contributed by atoms with Crippen LogP contribution in [0.4, 0.5) is 15.3 Å². The number of hydrogen-bond acceptors (Lipinski definition) is 8. The second-order valence-corrected chi connectivity index (χ2v) is 16.0. The topological polar surface area (TPSA) is 132 Å². The van der Waals surface area contributed by atoms with E-state index in [1.807, 2.05) is 78.2 Å². The number of amides is 4. The number of ether oxygens (including phenoxy) is 2. The van der Waals surface area contributed by atoms with Crippen molar-refractivity contribution in [2.75, 3.05) is 57.7 Å². The van der Waals surface area contributed by atoms with E-state index in [1.54, 1.807) is 17.0 Å². The normalized spacial score (nSPS) is 19.5. The predicted molar refractivity (Wildman–Crippen MR) is 213 cm³/mol. The summed E-state index contributed by atoms with van der Waals surface area (Å²) in [7, 11) is 0. The average molecular weight is 766 g/mol. The van der Waals surface area contributed by atoms with Gasteiger partial charge in [0.05, 0.1) is 6.54 Å². The molecule has 56 heavy (non-hydrogen) atoms. The van der Waals surface area contributed by atoms with E-state index < -0.39 is 12.2 Å². The highest BCUT2D eigenvalue weighted by atomic mass is 16.6. The number of piperidine rings is 3. The third-order valence-corrected chi connectivity index (χ3v) is 12.3. The number of phenolic OH excluding ortho intramolecular Hbond substituents is 1. The van der Waals surface area contributed by atoms with Crippen LogP contribution in [0.5, 0.6) is 11.5 Å². The Kier molecular flexibility index (Phi) is 12.4. The molecule has 4 aliphatic rings. The van der Waals surface area contributed by atoms with Crippen LogP contribution in [0.15, 0.2) is 66.7 Å². The quantitative estimate of drug-likeness (QED) is 0.196. The minimum absolute atomic E-state index is 0.00146. The molecule has 3 fully saturated rings. The first-order valence-electron chi connectivity index (χ1n) is 20.3. The van der Waals surface area contributed by atoms with E-state index in [-0.39, 0.29) is 42.7 Å². The van der Waals surface area contributed by atoms with Crippen LogP contribution in [0.3, 0.4) is 0 Å². The minimum Gasteiger partial charge on any atom is -0.507 e. The number of anilines is 1. The maximum absolute atomic E-state index is 14.2. The highest BCUT2D eigenvalue weighted by Crippen LogP contribution is 2.33. The molecule has 3 aromatic carbocycles. The molecule has 3 aromatic rings. The molecule has 12 nitrogen and oxygen atoms in total. The highest BCUT2D eigenvalue weighted by molar-refractivity contribution is 5.91. The molecule has 0 aromatic heterocycles. The van der Waals surface area contributed by atoms with E-state index in [0.29, 0.717) is 74.3 Å². The lowest BCUT2D eigenvalue weighted by molar-refractivity contribution is -0.142. The summed E-state index contributed by atoms with van der Waals surface area (Å²) in [6.07, 6.45) is 4.47. The zero-order chi connectivity index (χ0) is 39.2. The molecule has 4 heterocycles. The first kappa shape index (κ1) is 39.1. The van der Waals surface area contributed by atoms with Gasteiger partial charge in [-0.2, -0.15) is 0 Å². The molecule has 0 aliphatic carbocycles. The summed E-state index contributed by atoms with van der Waals surface area (Å²) in [5.74, 6) is 1.37. The number of esters is 1. The van der Waals surface area contributed by atoms with Crippen LogP contribution in [0.2, 0.25) is 0 Å². The van der Waals surface area contributed by atoms with Crippen molar-refractivity contribution in [3.63, 3.8) is 0 Å². The van der Waals surface area contributed by atoms with Crippen molar-refractivity contribution >= 4 is 29.7 Å².